The number of carbonyl (C=O) groups excluding carboxylic acids is 1. The molecule has 140 valence electrons. The number of carbonyl (C=O) groups is 1. The van der Waals surface area contributed by atoms with Crippen LogP contribution in [0.15, 0.2) is 46.3 Å². The summed E-state index contributed by atoms with van der Waals surface area (Å²) >= 11 is 1.28. The van der Waals surface area contributed by atoms with Crippen LogP contribution in [-0.4, -0.2) is 27.2 Å². The molecule has 0 bridgehead atoms. The smallest absolute Gasteiger partial charge is 0.251 e. The second kappa shape index (κ2) is 10.2. The summed E-state index contributed by atoms with van der Waals surface area (Å²) < 4.78 is 0. The van der Waals surface area contributed by atoms with E-state index < -0.39 is 0 Å². The van der Waals surface area contributed by atoms with E-state index in [-0.39, 0.29) is 22.8 Å². The Morgan fingerprint density at radius 1 is 1.23 bits per heavy atom. The lowest BCUT2D eigenvalue weighted by Gasteiger charge is -2.17. The van der Waals surface area contributed by atoms with Crippen LogP contribution in [0.5, 0.6) is 0 Å². The molecule has 1 aromatic heterocycles. The maximum Gasteiger partial charge on any atom is 0.251 e. The van der Waals surface area contributed by atoms with Gasteiger partial charge in [-0.2, -0.15) is 0 Å². The second-order valence-electron chi connectivity index (χ2n) is 6.49. The van der Waals surface area contributed by atoms with Crippen molar-refractivity contribution in [1.82, 2.24) is 15.3 Å². The van der Waals surface area contributed by atoms with Crippen molar-refractivity contribution in [2.75, 3.05) is 0 Å². The lowest BCUT2D eigenvalue weighted by atomic mass is 10.1. The van der Waals surface area contributed by atoms with Crippen molar-refractivity contribution in [1.29, 1.82) is 0 Å². The van der Waals surface area contributed by atoms with Crippen molar-refractivity contribution < 1.29 is 4.79 Å². The third-order valence-corrected chi connectivity index (χ3v) is 5.02. The number of benzene rings is 1. The van der Waals surface area contributed by atoms with E-state index >= 15 is 0 Å². The molecule has 1 aromatic carbocycles. The zero-order valence-electron chi connectivity index (χ0n) is 15.6. The van der Waals surface area contributed by atoms with E-state index in [1.807, 2.05) is 39.0 Å². The van der Waals surface area contributed by atoms with E-state index in [0.29, 0.717) is 5.16 Å². The first-order chi connectivity index (χ1) is 12.5. The summed E-state index contributed by atoms with van der Waals surface area (Å²) in [5.74, 6) is -0.0425. The van der Waals surface area contributed by atoms with Crippen LogP contribution in [0.25, 0.3) is 0 Å². The average Bonchev–Trinajstić information content (AvgIpc) is 2.60. The third-order valence-electron chi connectivity index (χ3n) is 4.03. The minimum atomic E-state index is -0.325. The van der Waals surface area contributed by atoms with Crippen molar-refractivity contribution in [3.63, 3.8) is 0 Å². The molecule has 0 saturated carbocycles. The molecule has 0 unspecified atom stereocenters. The topological polar surface area (TPSA) is 74.8 Å². The third kappa shape index (κ3) is 6.67. The number of rotatable bonds is 9. The van der Waals surface area contributed by atoms with Crippen LogP contribution in [0, 0.1) is 0 Å². The molecule has 5 nitrogen and oxygen atoms in total. The van der Waals surface area contributed by atoms with Gasteiger partial charge in [0.1, 0.15) is 0 Å². The van der Waals surface area contributed by atoms with Gasteiger partial charge in [0.2, 0.25) is 5.91 Å². The van der Waals surface area contributed by atoms with E-state index in [2.05, 4.69) is 27.4 Å². The maximum absolute atomic E-state index is 12.4. The maximum atomic E-state index is 12.4. The van der Waals surface area contributed by atoms with Crippen LogP contribution in [-0.2, 0) is 17.6 Å². The average molecular weight is 374 g/mol. The summed E-state index contributed by atoms with van der Waals surface area (Å²) in [6.45, 7) is 5.89. The molecule has 2 aromatic rings. The van der Waals surface area contributed by atoms with E-state index in [4.69, 9.17) is 0 Å². The number of hydrogen-bond donors (Lipinski definition) is 2. The minimum absolute atomic E-state index is 0.0425. The Labute approximate surface area is 159 Å². The molecule has 0 fully saturated rings. The van der Waals surface area contributed by atoms with Gasteiger partial charge in [-0.3, -0.25) is 9.59 Å². The number of nitrogens with one attached hydrogen (secondary N) is 2. The highest BCUT2D eigenvalue weighted by Gasteiger charge is 2.18. The van der Waals surface area contributed by atoms with Crippen LogP contribution in [0.4, 0.5) is 0 Å². The number of nitrogens with zero attached hydrogens (tertiary/aromatic N) is 1. The first kappa shape index (κ1) is 20.2. The van der Waals surface area contributed by atoms with Crippen molar-refractivity contribution >= 4 is 17.7 Å². The highest BCUT2D eigenvalue weighted by molar-refractivity contribution is 8.00. The summed E-state index contributed by atoms with van der Waals surface area (Å²) in [4.78, 5) is 31.3. The first-order valence-corrected chi connectivity index (χ1v) is 9.97. The van der Waals surface area contributed by atoms with E-state index in [1.165, 1.54) is 23.4 Å². The van der Waals surface area contributed by atoms with Crippen molar-refractivity contribution in [3.8, 4) is 0 Å². The molecule has 0 aliphatic heterocycles. The number of aromatic nitrogens is 2. The van der Waals surface area contributed by atoms with Gasteiger partial charge in [-0.25, -0.2) is 4.98 Å². The number of hydrogen-bond acceptors (Lipinski definition) is 4. The first-order valence-electron chi connectivity index (χ1n) is 9.09. The van der Waals surface area contributed by atoms with Crippen molar-refractivity contribution in [2.24, 2.45) is 0 Å². The van der Waals surface area contributed by atoms with Crippen LogP contribution in [0.3, 0.4) is 0 Å². The molecule has 2 rings (SSSR count). The number of aryl methyl sites for hydroxylation is 2. The zero-order chi connectivity index (χ0) is 18.9. The quantitative estimate of drug-likeness (QED) is 0.522. The van der Waals surface area contributed by atoms with Gasteiger partial charge in [0.15, 0.2) is 5.16 Å². The highest BCUT2D eigenvalue weighted by Crippen LogP contribution is 2.19. The van der Waals surface area contributed by atoms with E-state index in [0.717, 1.165) is 31.4 Å². The summed E-state index contributed by atoms with van der Waals surface area (Å²) in [5, 5.41) is 3.22. The molecule has 0 aliphatic rings. The Bertz CT molecular complexity index is 761. The Morgan fingerprint density at radius 2 is 1.96 bits per heavy atom. The molecule has 0 radical (unpaired) electrons. The molecule has 1 amide bonds. The zero-order valence-corrected chi connectivity index (χ0v) is 16.4. The lowest BCUT2D eigenvalue weighted by Crippen LogP contribution is -2.38. The van der Waals surface area contributed by atoms with E-state index in [1.54, 1.807) is 0 Å². The monoisotopic (exact) mass is 373 g/mol. The molecule has 0 saturated heterocycles. The summed E-state index contributed by atoms with van der Waals surface area (Å²) in [5.41, 5.74) is 1.86. The molecule has 0 spiro atoms. The highest BCUT2D eigenvalue weighted by atomic mass is 32.2. The van der Waals surface area contributed by atoms with Gasteiger partial charge in [-0.05, 0) is 38.7 Å². The molecule has 2 atom stereocenters. The Kier molecular flexibility index (Phi) is 7.91. The van der Waals surface area contributed by atoms with Gasteiger partial charge >= 0.3 is 0 Å². The number of H-pyrrole nitrogens is 1. The predicted octanol–water partition coefficient (Wildman–Crippen LogP) is 3.34. The van der Waals surface area contributed by atoms with Crippen molar-refractivity contribution in [3.05, 3.63) is 58.0 Å². The van der Waals surface area contributed by atoms with Gasteiger partial charge in [-0.15, -0.1) is 0 Å². The Morgan fingerprint density at radius 3 is 2.65 bits per heavy atom. The summed E-state index contributed by atoms with van der Waals surface area (Å²) in [7, 11) is 0. The SMILES string of the molecule is CCCc1cc(=O)[nH]c(S[C@H](C)C(=O)N[C@H](C)CCc2ccccc2)n1. The number of aromatic amines is 1. The fourth-order valence-corrected chi connectivity index (χ4v) is 3.44. The number of amides is 1. The fraction of sp³-hybridized carbons (Fsp3) is 0.450. The summed E-state index contributed by atoms with van der Waals surface area (Å²) in [6, 6.07) is 11.8. The molecule has 0 aliphatic carbocycles. The molecular weight excluding hydrogens is 346 g/mol. The Balaban J connectivity index is 1.86. The molecule has 1 heterocycles. The normalized spacial score (nSPS) is 13.2. The standard InChI is InChI=1S/C20H27N3O2S/c1-4-8-17-13-18(24)23-20(22-17)26-15(3)19(25)21-14(2)11-12-16-9-6-5-7-10-16/h5-7,9-10,13-15H,4,8,11-12H2,1-3H3,(H,21,25)(H,22,23,24)/t14-,15-/m1/s1. The molecule has 26 heavy (non-hydrogen) atoms. The predicted molar refractivity (Wildman–Crippen MR) is 107 cm³/mol. The largest absolute Gasteiger partial charge is 0.353 e. The van der Waals surface area contributed by atoms with Gasteiger partial charge in [0.05, 0.1) is 5.25 Å². The van der Waals surface area contributed by atoms with Crippen molar-refractivity contribution in [2.45, 2.75) is 62.9 Å². The van der Waals surface area contributed by atoms with Gasteiger partial charge in [0.25, 0.3) is 5.56 Å². The Hall–Kier alpha value is -2.08. The van der Waals surface area contributed by atoms with Crippen LogP contribution in [0.2, 0.25) is 0 Å². The molecule has 2 N–H and O–H groups in total. The minimum Gasteiger partial charge on any atom is -0.353 e. The second-order valence-corrected chi connectivity index (χ2v) is 7.82. The fourth-order valence-electron chi connectivity index (χ4n) is 2.60. The van der Waals surface area contributed by atoms with Crippen LogP contribution >= 0.6 is 11.8 Å². The van der Waals surface area contributed by atoms with Crippen LogP contribution in [0.1, 0.15) is 44.9 Å². The lowest BCUT2D eigenvalue weighted by molar-refractivity contribution is -0.120. The molecular formula is C20H27N3O2S. The van der Waals surface area contributed by atoms with E-state index in [9.17, 15) is 9.59 Å². The summed E-state index contributed by atoms with van der Waals surface area (Å²) in [6.07, 6.45) is 3.50. The van der Waals surface area contributed by atoms with Gasteiger partial charge < -0.3 is 10.3 Å². The van der Waals surface area contributed by atoms with Gasteiger partial charge in [-0.1, -0.05) is 55.4 Å². The van der Waals surface area contributed by atoms with Crippen LogP contribution < -0.4 is 10.9 Å². The van der Waals surface area contributed by atoms with Gasteiger partial charge in [0, 0.05) is 17.8 Å². The molecule has 6 heteroatoms. The number of thioether (sulfide) groups is 1.